The number of ether oxygens (including phenoxy) is 1. The summed E-state index contributed by atoms with van der Waals surface area (Å²) in [5.41, 5.74) is 3.43. The van der Waals surface area contributed by atoms with Crippen LogP contribution >= 0.6 is 0 Å². The zero-order chi connectivity index (χ0) is 17.9. The lowest BCUT2D eigenvalue weighted by atomic mass is 10.1. The van der Waals surface area contributed by atoms with Gasteiger partial charge in [-0.1, -0.05) is 24.3 Å². The lowest BCUT2D eigenvalue weighted by Crippen LogP contribution is -2.30. The molecule has 5 heteroatoms. The molecule has 0 aromatic heterocycles. The van der Waals surface area contributed by atoms with Crippen molar-refractivity contribution in [2.75, 3.05) is 5.32 Å². The molecule has 2 aromatic carbocycles. The molecule has 0 aliphatic carbocycles. The number of esters is 1. The lowest BCUT2D eigenvalue weighted by Gasteiger charge is -2.16. The van der Waals surface area contributed by atoms with E-state index >= 15 is 0 Å². The summed E-state index contributed by atoms with van der Waals surface area (Å²) in [7, 11) is 0. The fourth-order valence-electron chi connectivity index (χ4n) is 2.33. The Kier molecular flexibility index (Phi) is 5.24. The van der Waals surface area contributed by atoms with Crippen LogP contribution in [-0.4, -0.2) is 23.1 Å². The standard InChI is InChI=1S/C19H21NO4/c1-11-8-9-15(16(21)10-11)19(23)24-14(4)18(22)20-17-12(2)6-5-7-13(17)3/h5-10,14,21H,1-4H3,(H,20,22)/t14-/m1/s1. The SMILES string of the molecule is Cc1ccc(C(=O)O[C@H](C)C(=O)Nc2c(C)cccc2C)c(O)c1. The molecule has 1 atom stereocenters. The van der Waals surface area contributed by atoms with E-state index in [-0.39, 0.29) is 11.3 Å². The molecule has 0 spiro atoms. The van der Waals surface area contributed by atoms with Gasteiger partial charge in [0.15, 0.2) is 6.10 Å². The zero-order valence-corrected chi connectivity index (χ0v) is 14.2. The average Bonchev–Trinajstić information content (AvgIpc) is 2.50. The van der Waals surface area contributed by atoms with Gasteiger partial charge in [-0.3, -0.25) is 4.79 Å². The van der Waals surface area contributed by atoms with E-state index in [9.17, 15) is 14.7 Å². The summed E-state index contributed by atoms with van der Waals surface area (Å²) in [5.74, 6) is -1.33. The minimum Gasteiger partial charge on any atom is -0.507 e. The van der Waals surface area contributed by atoms with Crippen molar-refractivity contribution in [1.29, 1.82) is 0 Å². The van der Waals surface area contributed by atoms with Gasteiger partial charge in [-0.2, -0.15) is 0 Å². The Hall–Kier alpha value is -2.82. The first-order valence-corrected chi connectivity index (χ1v) is 7.67. The van der Waals surface area contributed by atoms with Crippen molar-refractivity contribution in [2.45, 2.75) is 33.8 Å². The monoisotopic (exact) mass is 327 g/mol. The van der Waals surface area contributed by atoms with Crippen molar-refractivity contribution in [3.8, 4) is 5.75 Å². The summed E-state index contributed by atoms with van der Waals surface area (Å²) < 4.78 is 5.16. The van der Waals surface area contributed by atoms with Crippen LogP contribution < -0.4 is 5.32 Å². The Morgan fingerprint density at radius 1 is 1.08 bits per heavy atom. The number of amides is 1. The van der Waals surface area contributed by atoms with Crippen LogP contribution in [0.2, 0.25) is 0 Å². The quantitative estimate of drug-likeness (QED) is 0.843. The van der Waals surface area contributed by atoms with Crippen LogP contribution in [0.25, 0.3) is 0 Å². The van der Waals surface area contributed by atoms with Gasteiger partial charge in [0.2, 0.25) is 0 Å². The smallest absolute Gasteiger partial charge is 0.342 e. The molecule has 0 heterocycles. The third kappa shape index (κ3) is 3.93. The first-order valence-electron chi connectivity index (χ1n) is 7.67. The molecular weight excluding hydrogens is 306 g/mol. The highest BCUT2D eigenvalue weighted by Crippen LogP contribution is 2.22. The van der Waals surface area contributed by atoms with Gasteiger partial charge < -0.3 is 15.2 Å². The number of aryl methyl sites for hydroxylation is 3. The zero-order valence-electron chi connectivity index (χ0n) is 14.2. The Bertz CT molecular complexity index is 763. The first-order chi connectivity index (χ1) is 11.3. The van der Waals surface area contributed by atoms with Gasteiger partial charge in [0.25, 0.3) is 5.91 Å². The molecule has 2 rings (SSSR count). The number of phenolic OH excluding ortho intramolecular Hbond substituents is 1. The number of hydrogen-bond donors (Lipinski definition) is 2. The van der Waals surface area contributed by atoms with E-state index in [1.54, 1.807) is 13.0 Å². The minimum absolute atomic E-state index is 0.0346. The molecule has 126 valence electrons. The molecule has 0 bridgehead atoms. The second-order valence-electron chi connectivity index (χ2n) is 5.82. The molecule has 1 amide bonds. The molecule has 0 aliphatic rings. The number of para-hydroxylation sites is 1. The van der Waals surface area contributed by atoms with Crippen molar-refractivity contribution >= 4 is 17.6 Å². The predicted molar refractivity (Wildman–Crippen MR) is 92.3 cm³/mol. The van der Waals surface area contributed by atoms with E-state index in [1.807, 2.05) is 32.0 Å². The van der Waals surface area contributed by atoms with Gasteiger partial charge in [0.1, 0.15) is 11.3 Å². The minimum atomic E-state index is -0.989. The second kappa shape index (κ2) is 7.17. The van der Waals surface area contributed by atoms with E-state index in [0.29, 0.717) is 5.69 Å². The number of nitrogens with one attached hydrogen (secondary N) is 1. The lowest BCUT2D eigenvalue weighted by molar-refractivity contribution is -0.123. The van der Waals surface area contributed by atoms with E-state index in [2.05, 4.69) is 5.32 Å². The number of hydrogen-bond acceptors (Lipinski definition) is 4. The van der Waals surface area contributed by atoms with Gasteiger partial charge in [-0.05, 0) is 56.5 Å². The molecule has 0 radical (unpaired) electrons. The Labute approximate surface area is 141 Å². The van der Waals surface area contributed by atoms with Crippen LogP contribution in [-0.2, 0) is 9.53 Å². The second-order valence-corrected chi connectivity index (χ2v) is 5.82. The van der Waals surface area contributed by atoms with Crippen LogP contribution in [0, 0.1) is 20.8 Å². The highest BCUT2D eigenvalue weighted by atomic mass is 16.5. The fourth-order valence-corrected chi connectivity index (χ4v) is 2.33. The summed E-state index contributed by atoms with van der Waals surface area (Å²) in [6.07, 6.45) is -0.989. The third-order valence-electron chi connectivity index (χ3n) is 3.76. The van der Waals surface area contributed by atoms with E-state index in [0.717, 1.165) is 16.7 Å². The average molecular weight is 327 g/mol. The number of benzene rings is 2. The molecule has 0 saturated carbocycles. The summed E-state index contributed by atoms with van der Waals surface area (Å²) in [6.45, 7) is 7.08. The molecular formula is C19H21NO4. The molecule has 2 aromatic rings. The highest BCUT2D eigenvalue weighted by Gasteiger charge is 2.21. The van der Waals surface area contributed by atoms with Gasteiger partial charge in [0, 0.05) is 5.69 Å². The maximum atomic E-state index is 12.3. The van der Waals surface area contributed by atoms with Crippen LogP contribution in [0.1, 0.15) is 34.0 Å². The third-order valence-corrected chi connectivity index (χ3v) is 3.76. The maximum Gasteiger partial charge on any atom is 0.342 e. The molecule has 2 N–H and O–H groups in total. The number of carbonyl (C=O) groups is 2. The van der Waals surface area contributed by atoms with E-state index in [4.69, 9.17) is 4.74 Å². The van der Waals surface area contributed by atoms with Crippen LogP contribution in [0.5, 0.6) is 5.75 Å². The highest BCUT2D eigenvalue weighted by molar-refractivity contribution is 5.99. The number of aromatic hydroxyl groups is 1. The van der Waals surface area contributed by atoms with Crippen molar-refractivity contribution in [3.63, 3.8) is 0 Å². The van der Waals surface area contributed by atoms with Gasteiger partial charge in [-0.15, -0.1) is 0 Å². The Morgan fingerprint density at radius 2 is 1.71 bits per heavy atom. The first kappa shape index (κ1) is 17.5. The number of rotatable bonds is 4. The Balaban J connectivity index is 2.07. The van der Waals surface area contributed by atoms with Crippen LogP contribution in [0.15, 0.2) is 36.4 Å². The largest absolute Gasteiger partial charge is 0.507 e. The van der Waals surface area contributed by atoms with Crippen molar-refractivity contribution in [1.82, 2.24) is 0 Å². The van der Waals surface area contributed by atoms with Crippen LogP contribution in [0.4, 0.5) is 5.69 Å². The summed E-state index contributed by atoms with van der Waals surface area (Å²) in [4.78, 5) is 24.4. The topological polar surface area (TPSA) is 75.6 Å². The van der Waals surface area contributed by atoms with E-state index in [1.165, 1.54) is 19.1 Å². The van der Waals surface area contributed by atoms with Crippen molar-refractivity contribution < 1.29 is 19.4 Å². The molecule has 0 aliphatic heterocycles. The van der Waals surface area contributed by atoms with Gasteiger partial charge in [-0.25, -0.2) is 4.79 Å². The normalized spacial score (nSPS) is 11.7. The predicted octanol–water partition coefficient (Wildman–Crippen LogP) is 3.50. The summed E-state index contributed by atoms with van der Waals surface area (Å²) in [5, 5.41) is 12.6. The molecule has 0 unspecified atom stereocenters. The summed E-state index contributed by atoms with van der Waals surface area (Å²) >= 11 is 0. The Morgan fingerprint density at radius 3 is 2.29 bits per heavy atom. The van der Waals surface area contributed by atoms with Gasteiger partial charge >= 0.3 is 5.97 Å². The number of carbonyl (C=O) groups excluding carboxylic acids is 2. The van der Waals surface area contributed by atoms with Gasteiger partial charge in [0.05, 0.1) is 0 Å². The molecule has 24 heavy (non-hydrogen) atoms. The van der Waals surface area contributed by atoms with E-state index < -0.39 is 18.0 Å². The number of anilines is 1. The number of phenols is 1. The maximum absolute atomic E-state index is 12.3. The fraction of sp³-hybridized carbons (Fsp3) is 0.263. The molecule has 5 nitrogen and oxygen atoms in total. The summed E-state index contributed by atoms with van der Waals surface area (Å²) in [6, 6.07) is 10.3. The van der Waals surface area contributed by atoms with Crippen molar-refractivity contribution in [3.05, 3.63) is 58.7 Å². The molecule has 0 saturated heterocycles. The van der Waals surface area contributed by atoms with Crippen molar-refractivity contribution in [2.24, 2.45) is 0 Å². The van der Waals surface area contributed by atoms with Crippen LogP contribution in [0.3, 0.4) is 0 Å². The molecule has 0 fully saturated rings.